The summed E-state index contributed by atoms with van der Waals surface area (Å²) in [6, 6.07) is 14.7. The molecule has 4 nitrogen and oxygen atoms in total. The van der Waals surface area contributed by atoms with Crippen LogP contribution in [-0.2, 0) is 12.3 Å². The van der Waals surface area contributed by atoms with Gasteiger partial charge >= 0.3 is 5.69 Å². The molecule has 0 amide bonds. The van der Waals surface area contributed by atoms with Crippen LogP contribution < -0.4 is 5.69 Å². The molecule has 21 heavy (non-hydrogen) atoms. The summed E-state index contributed by atoms with van der Waals surface area (Å²) in [5.74, 6) is 0.801. The molecule has 1 N–H and O–H groups in total. The minimum atomic E-state index is -0.128. The van der Waals surface area contributed by atoms with E-state index in [1.54, 1.807) is 16.3 Å². The molecule has 0 bridgehead atoms. The van der Waals surface area contributed by atoms with Gasteiger partial charge in [0.25, 0.3) is 0 Å². The molecule has 0 atom stereocenters. The van der Waals surface area contributed by atoms with Crippen molar-refractivity contribution in [2.24, 2.45) is 0 Å². The molecule has 0 aliphatic carbocycles. The van der Waals surface area contributed by atoms with E-state index in [4.69, 9.17) is 0 Å². The van der Waals surface area contributed by atoms with Gasteiger partial charge in [-0.05, 0) is 22.8 Å². The monoisotopic (exact) mass is 299 g/mol. The Kier molecular flexibility index (Phi) is 4.10. The largest absolute Gasteiger partial charge is 0.343 e. The molecule has 2 aromatic carbocycles. The first kappa shape index (κ1) is 13.9. The smallest absolute Gasteiger partial charge is 0.270 e. The van der Waals surface area contributed by atoms with Crippen LogP contribution in [0.15, 0.2) is 52.4 Å². The van der Waals surface area contributed by atoms with Crippen molar-refractivity contribution in [2.45, 2.75) is 30.8 Å². The number of aromatic amines is 1. The van der Waals surface area contributed by atoms with Gasteiger partial charge in [-0.2, -0.15) is 0 Å². The van der Waals surface area contributed by atoms with Gasteiger partial charge in [0.05, 0.1) is 0 Å². The van der Waals surface area contributed by atoms with Crippen LogP contribution in [-0.4, -0.2) is 14.8 Å². The number of H-pyrrole nitrogens is 1. The maximum absolute atomic E-state index is 11.7. The third-order valence-corrected chi connectivity index (χ3v) is 4.43. The van der Waals surface area contributed by atoms with Crippen molar-refractivity contribution in [3.8, 4) is 0 Å². The number of benzene rings is 2. The molecular weight excluding hydrogens is 282 g/mol. The summed E-state index contributed by atoms with van der Waals surface area (Å²) in [4.78, 5) is 11.7. The predicted molar refractivity (Wildman–Crippen MR) is 86.6 cm³/mol. The summed E-state index contributed by atoms with van der Waals surface area (Å²) in [7, 11) is 0. The van der Waals surface area contributed by atoms with Crippen LogP contribution in [0.5, 0.6) is 0 Å². The molecule has 0 radical (unpaired) electrons. The molecule has 0 unspecified atom stereocenters. The van der Waals surface area contributed by atoms with Crippen LogP contribution in [0.3, 0.4) is 0 Å². The van der Waals surface area contributed by atoms with Crippen LogP contribution in [0.4, 0.5) is 0 Å². The van der Waals surface area contributed by atoms with E-state index in [1.165, 1.54) is 16.3 Å². The number of nitrogens with zero attached hydrogens (tertiary/aromatic N) is 2. The Morgan fingerprint density at radius 2 is 2.00 bits per heavy atom. The van der Waals surface area contributed by atoms with Crippen LogP contribution in [0.25, 0.3) is 10.8 Å². The van der Waals surface area contributed by atoms with Crippen molar-refractivity contribution in [2.75, 3.05) is 0 Å². The second-order valence-corrected chi connectivity index (χ2v) is 5.83. The van der Waals surface area contributed by atoms with Crippen LogP contribution in [0.2, 0.25) is 0 Å². The number of aromatic nitrogens is 3. The fraction of sp³-hybridized carbons (Fsp3) is 0.250. The first-order valence-electron chi connectivity index (χ1n) is 7.04. The fourth-order valence-corrected chi connectivity index (χ4v) is 3.37. The van der Waals surface area contributed by atoms with Gasteiger partial charge in [-0.1, -0.05) is 61.2 Å². The third-order valence-electron chi connectivity index (χ3n) is 3.41. The van der Waals surface area contributed by atoms with Crippen molar-refractivity contribution in [1.82, 2.24) is 14.8 Å². The molecule has 0 aliphatic heterocycles. The second-order valence-electron chi connectivity index (χ2n) is 4.89. The molecule has 3 rings (SSSR count). The van der Waals surface area contributed by atoms with Crippen LogP contribution >= 0.6 is 11.8 Å². The standard InChI is InChI=1S/C16H17N3OS/c1-2-10-19-15(20)17-18-16(19)21-11-13-8-5-7-12-6-3-4-9-14(12)13/h3-9H,2,10-11H2,1H3,(H,17,20). The van der Waals surface area contributed by atoms with Crippen molar-refractivity contribution < 1.29 is 0 Å². The van der Waals surface area contributed by atoms with E-state index in [9.17, 15) is 4.79 Å². The minimum Gasteiger partial charge on any atom is -0.270 e. The Labute approximate surface area is 127 Å². The molecule has 5 heteroatoms. The Morgan fingerprint density at radius 1 is 1.19 bits per heavy atom. The molecule has 3 aromatic rings. The molecule has 0 fully saturated rings. The predicted octanol–water partition coefficient (Wildman–Crippen LogP) is 3.43. The van der Waals surface area contributed by atoms with Gasteiger partial charge in [0.2, 0.25) is 0 Å². The lowest BCUT2D eigenvalue weighted by Crippen LogP contribution is -2.17. The molecule has 0 aliphatic rings. The van der Waals surface area contributed by atoms with Gasteiger partial charge in [-0.25, -0.2) is 9.89 Å². The molecule has 0 spiro atoms. The SMILES string of the molecule is CCCn1c(SCc2cccc3ccccc23)n[nH]c1=O. The fourth-order valence-electron chi connectivity index (χ4n) is 2.39. The third kappa shape index (κ3) is 2.88. The summed E-state index contributed by atoms with van der Waals surface area (Å²) in [6.07, 6.45) is 0.918. The van der Waals surface area contributed by atoms with E-state index in [-0.39, 0.29) is 5.69 Å². The summed E-state index contributed by atoms with van der Waals surface area (Å²) in [5.41, 5.74) is 1.13. The maximum atomic E-state index is 11.7. The number of hydrogen-bond donors (Lipinski definition) is 1. The lowest BCUT2D eigenvalue weighted by molar-refractivity contribution is 0.604. The number of rotatable bonds is 5. The lowest BCUT2D eigenvalue weighted by atomic mass is 10.1. The zero-order chi connectivity index (χ0) is 14.7. The molecular formula is C16H17N3OS. The Bertz CT molecular complexity index is 801. The van der Waals surface area contributed by atoms with Gasteiger partial charge in [-0.3, -0.25) is 4.57 Å². The zero-order valence-corrected chi connectivity index (χ0v) is 12.7. The van der Waals surface area contributed by atoms with Gasteiger partial charge in [0.1, 0.15) is 0 Å². The highest BCUT2D eigenvalue weighted by Crippen LogP contribution is 2.25. The highest BCUT2D eigenvalue weighted by molar-refractivity contribution is 7.98. The van der Waals surface area contributed by atoms with Crippen molar-refractivity contribution >= 4 is 22.5 Å². The summed E-state index contributed by atoms with van der Waals surface area (Å²) < 4.78 is 1.70. The maximum Gasteiger partial charge on any atom is 0.343 e. The van der Waals surface area contributed by atoms with Gasteiger partial charge < -0.3 is 0 Å². The van der Waals surface area contributed by atoms with E-state index in [1.807, 2.05) is 6.07 Å². The summed E-state index contributed by atoms with van der Waals surface area (Å²) in [6.45, 7) is 2.76. The Morgan fingerprint density at radius 3 is 2.86 bits per heavy atom. The average Bonchev–Trinajstić information content (AvgIpc) is 2.86. The molecule has 1 aromatic heterocycles. The lowest BCUT2D eigenvalue weighted by Gasteiger charge is -2.07. The number of fused-ring (bicyclic) bond motifs is 1. The average molecular weight is 299 g/mol. The topological polar surface area (TPSA) is 50.7 Å². The normalized spacial score (nSPS) is 11.1. The zero-order valence-electron chi connectivity index (χ0n) is 11.9. The van der Waals surface area contributed by atoms with Crippen LogP contribution in [0, 0.1) is 0 Å². The Balaban J connectivity index is 1.86. The molecule has 0 saturated carbocycles. The van der Waals surface area contributed by atoms with E-state index >= 15 is 0 Å². The highest BCUT2D eigenvalue weighted by Gasteiger charge is 2.09. The van der Waals surface area contributed by atoms with E-state index in [0.29, 0.717) is 6.54 Å². The number of hydrogen-bond acceptors (Lipinski definition) is 3. The van der Waals surface area contributed by atoms with Crippen LogP contribution in [0.1, 0.15) is 18.9 Å². The Hall–Kier alpha value is -2.01. The van der Waals surface area contributed by atoms with Crippen molar-refractivity contribution in [3.05, 3.63) is 58.5 Å². The van der Waals surface area contributed by atoms with E-state index in [0.717, 1.165) is 17.3 Å². The van der Waals surface area contributed by atoms with E-state index < -0.39 is 0 Å². The molecule has 0 saturated heterocycles. The van der Waals surface area contributed by atoms with Crippen molar-refractivity contribution in [1.29, 1.82) is 0 Å². The number of nitrogens with one attached hydrogen (secondary N) is 1. The first-order chi connectivity index (χ1) is 10.3. The summed E-state index contributed by atoms with van der Waals surface area (Å²) >= 11 is 1.60. The first-order valence-corrected chi connectivity index (χ1v) is 8.03. The number of thioether (sulfide) groups is 1. The highest BCUT2D eigenvalue weighted by atomic mass is 32.2. The van der Waals surface area contributed by atoms with E-state index in [2.05, 4.69) is 53.5 Å². The quantitative estimate of drug-likeness (QED) is 0.734. The molecule has 1 heterocycles. The minimum absolute atomic E-state index is 0.128. The van der Waals surface area contributed by atoms with Gasteiger partial charge in [0.15, 0.2) is 5.16 Å². The van der Waals surface area contributed by atoms with Crippen molar-refractivity contribution in [3.63, 3.8) is 0 Å². The molecule has 108 valence electrons. The second kappa shape index (κ2) is 6.18. The van der Waals surface area contributed by atoms with Gasteiger partial charge in [-0.15, -0.1) is 5.10 Å². The van der Waals surface area contributed by atoms with Gasteiger partial charge in [0, 0.05) is 12.3 Å². The summed E-state index contributed by atoms with van der Waals surface area (Å²) in [5, 5.41) is 9.91.